The second kappa shape index (κ2) is 8.64. The second-order valence-electron chi connectivity index (χ2n) is 10.9. The Kier molecular flexibility index (Phi) is 5.34. The van der Waals surface area contributed by atoms with Gasteiger partial charge in [0.25, 0.3) is 0 Å². The highest BCUT2D eigenvalue weighted by Gasteiger charge is 2.55. The van der Waals surface area contributed by atoms with Gasteiger partial charge in [-0.05, 0) is 43.2 Å². The molecule has 2 aliphatic carbocycles. The summed E-state index contributed by atoms with van der Waals surface area (Å²) in [6.07, 6.45) is 6.32. The van der Waals surface area contributed by atoms with Crippen molar-refractivity contribution in [3.05, 3.63) is 83.1 Å². The van der Waals surface area contributed by atoms with E-state index in [0.717, 1.165) is 66.7 Å². The molecule has 188 valence electrons. The van der Waals surface area contributed by atoms with Crippen LogP contribution < -0.4 is 0 Å². The van der Waals surface area contributed by atoms with E-state index < -0.39 is 5.72 Å². The number of hydrogen-bond donors (Lipinski definition) is 0. The molecule has 37 heavy (non-hydrogen) atoms. The minimum Gasteiger partial charge on any atom is -0.355 e. The lowest BCUT2D eigenvalue weighted by molar-refractivity contribution is -0.193. The molecule has 2 fully saturated rings. The van der Waals surface area contributed by atoms with E-state index in [1.165, 1.54) is 12.8 Å². The van der Waals surface area contributed by atoms with Crippen LogP contribution in [-0.2, 0) is 11.8 Å². The molecule has 1 saturated heterocycles. The van der Waals surface area contributed by atoms with Crippen LogP contribution >= 0.6 is 0 Å². The molecular weight excluding hydrogens is 460 g/mol. The van der Waals surface area contributed by atoms with E-state index >= 15 is 0 Å². The first-order valence-corrected chi connectivity index (χ1v) is 13.7. The molecule has 3 heterocycles. The Morgan fingerprint density at radius 1 is 0.784 bits per heavy atom. The summed E-state index contributed by atoms with van der Waals surface area (Å²) in [6, 6.07) is 20.1. The Hall–Kier alpha value is -3.28. The Morgan fingerprint density at radius 3 is 2.16 bits per heavy atom. The third-order valence-corrected chi connectivity index (χ3v) is 9.07. The lowest BCUT2D eigenvalue weighted by Gasteiger charge is -2.53. The van der Waals surface area contributed by atoms with Crippen molar-refractivity contribution in [1.29, 1.82) is 0 Å². The molecule has 1 saturated carbocycles. The van der Waals surface area contributed by atoms with Crippen LogP contribution in [0.25, 0.3) is 22.4 Å². The van der Waals surface area contributed by atoms with Gasteiger partial charge in [-0.15, -0.1) is 0 Å². The molecule has 4 aliphatic rings. The molecule has 7 rings (SSSR count). The molecular formula is C32H32N2O3. The summed E-state index contributed by atoms with van der Waals surface area (Å²) in [7, 11) is 1.94. The number of carbonyl (C=O) groups excluding carboxylic acids is 2. The third-order valence-electron chi connectivity index (χ3n) is 9.07. The predicted molar refractivity (Wildman–Crippen MR) is 143 cm³/mol. The van der Waals surface area contributed by atoms with E-state index in [0.29, 0.717) is 16.8 Å². The smallest absolute Gasteiger partial charge is 0.207 e. The number of fused-ring (bicyclic) bond motifs is 3. The Labute approximate surface area is 217 Å². The Bertz CT molecular complexity index is 1430. The van der Waals surface area contributed by atoms with Gasteiger partial charge in [0.1, 0.15) is 11.4 Å². The van der Waals surface area contributed by atoms with Gasteiger partial charge in [0, 0.05) is 42.8 Å². The maximum atomic E-state index is 14.6. The number of aromatic nitrogens is 1. The minimum atomic E-state index is -0.448. The summed E-state index contributed by atoms with van der Waals surface area (Å²) in [4.78, 5) is 31.4. The number of ketones is 2. The molecule has 5 nitrogen and oxygen atoms in total. The number of ether oxygens (including phenoxy) is 1. The molecule has 0 N–H and O–H groups in total. The van der Waals surface area contributed by atoms with Crippen LogP contribution in [0.15, 0.2) is 71.8 Å². The van der Waals surface area contributed by atoms with Crippen molar-refractivity contribution in [2.45, 2.75) is 44.2 Å². The van der Waals surface area contributed by atoms with Crippen LogP contribution in [-0.4, -0.2) is 46.5 Å². The van der Waals surface area contributed by atoms with Gasteiger partial charge in [0.2, 0.25) is 5.78 Å². The van der Waals surface area contributed by atoms with Gasteiger partial charge in [-0.2, -0.15) is 0 Å². The molecule has 0 spiro atoms. The van der Waals surface area contributed by atoms with Gasteiger partial charge >= 0.3 is 0 Å². The first kappa shape index (κ1) is 22.9. The number of rotatable bonds is 3. The molecule has 2 aromatic carbocycles. The fraction of sp³-hybridized carbons (Fsp3) is 0.375. The highest BCUT2D eigenvalue weighted by Crippen LogP contribution is 2.52. The lowest BCUT2D eigenvalue weighted by atomic mass is 9.68. The summed E-state index contributed by atoms with van der Waals surface area (Å²) in [6.45, 7) is 2.23. The summed E-state index contributed by atoms with van der Waals surface area (Å²) in [5.74, 6) is -0.0741. The molecule has 2 atom stereocenters. The average Bonchev–Trinajstić information content (AvgIpc) is 3.59. The third kappa shape index (κ3) is 3.23. The van der Waals surface area contributed by atoms with Crippen molar-refractivity contribution in [1.82, 2.24) is 9.47 Å². The predicted octanol–water partition coefficient (Wildman–Crippen LogP) is 6.05. The van der Waals surface area contributed by atoms with Crippen LogP contribution in [0.5, 0.6) is 0 Å². The number of carbonyl (C=O) groups is 2. The zero-order valence-corrected chi connectivity index (χ0v) is 21.3. The molecule has 1 aromatic heterocycles. The van der Waals surface area contributed by atoms with E-state index in [-0.39, 0.29) is 24.1 Å². The van der Waals surface area contributed by atoms with Crippen LogP contribution in [0.2, 0.25) is 0 Å². The molecule has 0 amide bonds. The molecule has 5 heteroatoms. The van der Waals surface area contributed by atoms with Crippen molar-refractivity contribution in [2.24, 2.45) is 13.0 Å². The molecule has 0 unspecified atom stereocenters. The first-order chi connectivity index (χ1) is 18.1. The average molecular weight is 493 g/mol. The van der Waals surface area contributed by atoms with Crippen molar-refractivity contribution in [3.63, 3.8) is 0 Å². The zero-order chi connectivity index (χ0) is 25.1. The Morgan fingerprint density at radius 2 is 1.46 bits per heavy atom. The maximum absolute atomic E-state index is 14.6. The zero-order valence-electron chi connectivity index (χ0n) is 21.3. The number of likely N-dealkylation sites (tertiary alicyclic amines) is 1. The summed E-state index contributed by atoms with van der Waals surface area (Å²) in [5, 5.41) is 0. The summed E-state index contributed by atoms with van der Waals surface area (Å²) < 4.78 is 8.69. The van der Waals surface area contributed by atoms with Gasteiger partial charge in [-0.3, -0.25) is 14.5 Å². The molecule has 3 aromatic rings. The number of benzene rings is 2. The molecule has 2 aliphatic heterocycles. The highest BCUT2D eigenvalue weighted by molar-refractivity contribution is 6.30. The van der Waals surface area contributed by atoms with E-state index in [1.807, 2.05) is 60.1 Å². The van der Waals surface area contributed by atoms with Gasteiger partial charge < -0.3 is 9.30 Å². The normalized spacial score (nSPS) is 25.7. The first-order valence-electron chi connectivity index (χ1n) is 13.7. The highest BCUT2D eigenvalue weighted by atomic mass is 16.5. The van der Waals surface area contributed by atoms with Crippen LogP contribution in [0.1, 0.15) is 59.4 Å². The van der Waals surface area contributed by atoms with E-state index in [4.69, 9.17) is 4.74 Å². The van der Waals surface area contributed by atoms with Crippen molar-refractivity contribution in [2.75, 3.05) is 19.7 Å². The molecule has 0 bridgehead atoms. The standard InChI is InChI=1S/C32H32N2O3/c1-33-28(22-14-6-3-7-15-22)25(21-12-4-2-5-13-21)27-29(33)31(36)26-23(30(27)35)20-37-32(34-18-10-11-19-34)17-9-8-16-24(26)32/h2-7,12-15,24H,8-11,16-20H2,1H3/t24-,32-/m1/s1. The van der Waals surface area contributed by atoms with Crippen molar-refractivity contribution >= 4 is 11.6 Å². The van der Waals surface area contributed by atoms with Gasteiger partial charge in [0.15, 0.2) is 5.78 Å². The topological polar surface area (TPSA) is 51.5 Å². The fourth-order valence-corrected chi connectivity index (χ4v) is 7.47. The summed E-state index contributed by atoms with van der Waals surface area (Å²) >= 11 is 0. The minimum absolute atomic E-state index is 0.0187. The monoisotopic (exact) mass is 492 g/mol. The van der Waals surface area contributed by atoms with Gasteiger partial charge in [-0.1, -0.05) is 67.1 Å². The number of hydrogen-bond acceptors (Lipinski definition) is 4. The van der Waals surface area contributed by atoms with E-state index in [2.05, 4.69) is 17.0 Å². The lowest BCUT2D eigenvalue weighted by Crippen LogP contribution is -2.60. The van der Waals surface area contributed by atoms with Crippen molar-refractivity contribution in [3.8, 4) is 22.4 Å². The van der Waals surface area contributed by atoms with Crippen LogP contribution in [0.3, 0.4) is 0 Å². The van der Waals surface area contributed by atoms with E-state index in [1.54, 1.807) is 0 Å². The Balaban J connectivity index is 1.45. The van der Waals surface area contributed by atoms with Crippen molar-refractivity contribution < 1.29 is 14.3 Å². The van der Waals surface area contributed by atoms with Crippen LogP contribution in [0.4, 0.5) is 0 Å². The summed E-state index contributed by atoms with van der Waals surface area (Å²) in [5.41, 5.74) is 5.63. The number of Topliss-reactive ketones (excluding diaryl/α,β-unsaturated/α-hetero) is 2. The van der Waals surface area contributed by atoms with Crippen LogP contribution in [0, 0.1) is 5.92 Å². The quantitative estimate of drug-likeness (QED) is 0.447. The number of nitrogens with zero attached hydrogens (tertiary/aromatic N) is 2. The molecule has 0 radical (unpaired) electrons. The van der Waals surface area contributed by atoms with Gasteiger partial charge in [0.05, 0.1) is 17.9 Å². The second-order valence-corrected chi connectivity index (χ2v) is 10.9. The largest absolute Gasteiger partial charge is 0.355 e. The maximum Gasteiger partial charge on any atom is 0.207 e. The van der Waals surface area contributed by atoms with E-state index in [9.17, 15) is 9.59 Å². The fourth-order valence-electron chi connectivity index (χ4n) is 7.47. The SMILES string of the molecule is Cn1c2c(c(-c3ccccc3)c1-c1ccccc1)C(=O)C1=C(C2=O)[C@H]2CCCC[C@@]2(N2CCCC2)OC1. The van der Waals surface area contributed by atoms with Gasteiger partial charge in [-0.25, -0.2) is 0 Å².